The van der Waals surface area contributed by atoms with Crippen molar-refractivity contribution in [2.75, 3.05) is 7.05 Å². The lowest BCUT2D eigenvalue weighted by Gasteiger charge is -2.19. The summed E-state index contributed by atoms with van der Waals surface area (Å²) in [6.07, 6.45) is 0. The van der Waals surface area contributed by atoms with Crippen LogP contribution in [0.1, 0.15) is 25.3 Å². The van der Waals surface area contributed by atoms with Crippen LogP contribution in [-0.2, 0) is 9.84 Å². The molecule has 0 fully saturated rings. The molecular formula is C12H17F2NO2S. The molecule has 18 heavy (non-hydrogen) atoms. The number of alkyl halides is 2. The van der Waals surface area contributed by atoms with Crippen LogP contribution >= 0.6 is 0 Å². The number of nitrogens with one attached hydrogen (secondary N) is 1. The van der Waals surface area contributed by atoms with E-state index < -0.39 is 15.6 Å². The van der Waals surface area contributed by atoms with Crippen molar-refractivity contribution >= 4 is 9.84 Å². The molecule has 0 bridgehead atoms. The van der Waals surface area contributed by atoms with Crippen molar-refractivity contribution in [1.82, 2.24) is 5.32 Å². The maximum absolute atomic E-state index is 12.3. The molecule has 0 aromatic heterocycles. The van der Waals surface area contributed by atoms with Crippen LogP contribution in [0.5, 0.6) is 0 Å². The van der Waals surface area contributed by atoms with Gasteiger partial charge in [0.2, 0.25) is 9.84 Å². The van der Waals surface area contributed by atoms with Crippen molar-refractivity contribution in [3.8, 4) is 0 Å². The van der Waals surface area contributed by atoms with Gasteiger partial charge in [-0.05, 0) is 37.6 Å². The summed E-state index contributed by atoms with van der Waals surface area (Å²) < 4.78 is 47.2. The maximum atomic E-state index is 12.3. The number of hydrogen-bond acceptors (Lipinski definition) is 3. The smallest absolute Gasteiger partial charge is 0.317 e. The second kappa shape index (κ2) is 5.75. The molecule has 0 saturated heterocycles. The van der Waals surface area contributed by atoms with Crippen LogP contribution in [0.4, 0.5) is 8.78 Å². The van der Waals surface area contributed by atoms with Gasteiger partial charge in [0.15, 0.2) is 0 Å². The summed E-state index contributed by atoms with van der Waals surface area (Å²) in [6, 6.07) is 5.83. The molecule has 0 aliphatic heterocycles. The molecule has 2 atom stereocenters. The Hall–Kier alpha value is -1.01. The highest BCUT2D eigenvalue weighted by Crippen LogP contribution is 2.23. The van der Waals surface area contributed by atoms with E-state index >= 15 is 0 Å². The van der Waals surface area contributed by atoms with Gasteiger partial charge in [0.05, 0.1) is 4.90 Å². The molecule has 0 aliphatic carbocycles. The lowest BCUT2D eigenvalue weighted by molar-refractivity contribution is 0.234. The van der Waals surface area contributed by atoms with Crippen molar-refractivity contribution in [2.24, 2.45) is 0 Å². The van der Waals surface area contributed by atoms with Crippen LogP contribution < -0.4 is 5.32 Å². The van der Waals surface area contributed by atoms with Gasteiger partial charge in [-0.25, -0.2) is 8.42 Å². The lowest BCUT2D eigenvalue weighted by atomic mass is 9.95. The van der Waals surface area contributed by atoms with E-state index in [0.29, 0.717) is 0 Å². The topological polar surface area (TPSA) is 46.2 Å². The number of hydrogen-bond donors (Lipinski definition) is 1. The van der Waals surface area contributed by atoms with E-state index in [4.69, 9.17) is 0 Å². The number of likely N-dealkylation sites (N-methyl/N-ethyl adjacent to an activating group) is 1. The molecule has 1 aromatic rings. The van der Waals surface area contributed by atoms with Gasteiger partial charge in [0.25, 0.3) is 0 Å². The Bertz CT molecular complexity index is 485. The van der Waals surface area contributed by atoms with Crippen molar-refractivity contribution in [1.29, 1.82) is 0 Å². The molecule has 2 unspecified atom stereocenters. The molecule has 0 amide bonds. The van der Waals surface area contributed by atoms with Crippen molar-refractivity contribution < 1.29 is 17.2 Å². The molecule has 0 spiro atoms. The fourth-order valence-electron chi connectivity index (χ4n) is 1.60. The molecule has 0 saturated carbocycles. The minimum absolute atomic E-state index is 0.165. The zero-order valence-corrected chi connectivity index (χ0v) is 11.3. The average Bonchev–Trinajstić information content (AvgIpc) is 2.36. The highest BCUT2D eigenvalue weighted by Gasteiger charge is 2.26. The Kier molecular flexibility index (Phi) is 4.81. The van der Waals surface area contributed by atoms with Crippen LogP contribution in [0, 0.1) is 0 Å². The van der Waals surface area contributed by atoms with Gasteiger partial charge in [-0.2, -0.15) is 8.78 Å². The lowest BCUT2D eigenvalue weighted by Crippen LogP contribution is -2.27. The van der Waals surface area contributed by atoms with Gasteiger partial charge in [0, 0.05) is 6.04 Å². The zero-order chi connectivity index (χ0) is 13.9. The number of halogens is 2. The normalized spacial score (nSPS) is 15.7. The summed E-state index contributed by atoms with van der Waals surface area (Å²) in [5.74, 6) is -3.21. The largest absolute Gasteiger partial charge is 0.341 e. The third kappa shape index (κ3) is 3.05. The fourth-order valence-corrected chi connectivity index (χ4v) is 2.32. The molecule has 102 valence electrons. The first-order valence-corrected chi connectivity index (χ1v) is 7.14. The Labute approximate surface area is 106 Å². The Balaban J connectivity index is 3.01. The van der Waals surface area contributed by atoms with E-state index in [1.165, 1.54) is 12.1 Å². The molecule has 6 heteroatoms. The second-order valence-corrected chi connectivity index (χ2v) is 6.16. The fraction of sp³-hybridized carbons (Fsp3) is 0.500. The molecule has 3 nitrogen and oxygen atoms in total. The predicted octanol–water partition coefficient (Wildman–Crippen LogP) is 2.39. The van der Waals surface area contributed by atoms with Gasteiger partial charge in [-0.1, -0.05) is 19.1 Å². The molecule has 1 rings (SSSR count). The molecule has 0 aliphatic rings. The highest BCUT2D eigenvalue weighted by molar-refractivity contribution is 7.91. The van der Waals surface area contributed by atoms with Gasteiger partial charge >= 0.3 is 5.76 Å². The van der Waals surface area contributed by atoms with E-state index in [-0.39, 0.29) is 16.9 Å². The predicted molar refractivity (Wildman–Crippen MR) is 66.6 cm³/mol. The highest BCUT2D eigenvalue weighted by atomic mass is 32.2. The second-order valence-electron chi connectivity index (χ2n) is 4.24. The summed E-state index contributed by atoms with van der Waals surface area (Å²) in [7, 11) is -2.66. The summed E-state index contributed by atoms with van der Waals surface area (Å²) in [4.78, 5) is -0.342. The SMILES string of the molecule is CNC(C)C(C)c1ccc(S(=O)(=O)C(F)F)cc1. The summed E-state index contributed by atoms with van der Waals surface area (Å²) in [5, 5.41) is 3.09. The van der Waals surface area contributed by atoms with E-state index in [9.17, 15) is 17.2 Å². The molecule has 1 aromatic carbocycles. The molecule has 0 heterocycles. The van der Waals surface area contributed by atoms with E-state index in [0.717, 1.165) is 5.56 Å². The van der Waals surface area contributed by atoms with E-state index in [2.05, 4.69) is 5.32 Å². The van der Waals surface area contributed by atoms with Crippen LogP contribution in [-0.4, -0.2) is 27.3 Å². The van der Waals surface area contributed by atoms with Gasteiger partial charge in [-0.3, -0.25) is 0 Å². The Morgan fingerprint density at radius 2 is 1.61 bits per heavy atom. The van der Waals surface area contributed by atoms with Crippen molar-refractivity contribution in [3.05, 3.63) is 29.8 Å². The van der Waals surface area contributed by atoms with Crippen LogP contribution in [0.25, 0.3) is 0 Å². The van der Waals surface area contributed by atoms with Crippen LogP contribution in [0.2, 0.25) is 0 Å². The van der Waals surface area contributed by atoms with E-state index in [1.54, 1.807) is 12.1 Å². The minimum Gasteiger partial charge on any atom is -0.317 e. The van der Waals surface area contributed by atoms with Crippen LogP contribution in [0.15, 0.2) is 29.2 Å². The number of benzene rings is 1. The minimum atomic E-state index is -4.49. The molecule has 1 N–H and O–H groups in total. The summed E-state index contributed by atoms with van der Waals surface area (Å²) >= 11 is 0. The monoisotopic (exact) mass is 277 g/mol. The number of rotatable bonds is 5. The Morgan fingerprint density at radius 1 is 1.11 bits per heavy atom. The molecule has 0 radical (unpaired) electrons. The van der Waals surface area contributed by atoms with Gasteiger partial charge in [0.1, 0.15) is 0 Å². The maximum Gasteiger partial charge on any atom is 0.341 e. The van der Waals surface area contributed by atoms with Crippen LogP contribution in [0.3, 0.4) is 0 Å². The van der Waals surface area contributed by atoms with Crippen molar-refractivity contribution in [3.63, 3.8) is 0 Å². The molecular weight excluding hydrogens is 260 g/mol. The zero-order valence-electron chi connectivity index (χ0n) is 10.5. The van der Waals surface area contributed by atoms with Gasteiger partial charge < -0.3 is 5.32 Å². The Morgan fingerprint density at radius 3 is 2.00 bits per heavy atom. The van der Waals surface area contributed by atoms with Gasteiger partial charge in [-0.15, -0.1) is 0 Å². The summed E-state index contributed by atoms with van der Waals surface area (Å²) in [5.41, 5.74) is 0.907. The average molecular weight is 277 g/mol. The third-order valence-electron chi connectivity index (χ3n) is 3.17. The first-order valence-electron chi connectivity index (χ1n) is 5.60. The third-order valence-corrected chi connectivity index (χ3v) is 4.57. The van der Waals surface area contributed by atoms with E-state index in [1.807, 2.05) is 20.9 Å². The standard InChI is InChI=1S/C12H17F2NO2S/c1-8(9(2)15-3)10-4-6-11(7-5-10)18(16,17)12(13)14/h4-9,12,15H,1-3H3. The van der Waals surface area contributed by atoms with Crippen molar-refractivity contribution in [2.45, 2.75) is 36.5 Å². The quantitative estimate of drug-likeness (QED) is 0.899. The first-order chi connectivity index (χ1) is 8.30. The first kappa shape index (κ1) is 15.0. The summed E-state index contributed by atoms with van der Waals surface area (Å²) in [6.45, 7) is 3.98. The number of sulfone groups is 1.